The Morgan fingerprint density at radius 3 is 3.14 bits per heavy atom. The van der Waals surface area contributed by atoms with Crippen LogP contribution in [-0.4, -0.2) is 39.6 Å². The van der Waals surface area contributed by atoms with Crippen LogP contribution in [0.3, 0.4) is 0 Å². The lowest BCUT2D eigenvalue weighted by Gasteiger charge is -2.27. The molecule has 116 valence electrons. The molecule has 3 heterocycles. The van der Waals surface area contributed by atoms with E-state index in [-0.39, 0.29) is 5.91 Å². The lowest BCUT2D eigenvalue weighted by Crippen LogP contribution is -2.31. The highest BCUT2D eigenvalue weighted by atomic mass is 32.1. The Balaban J connectivity index is 1.66. The number of rotatable bonds is 4. The van der Waals surface area contributed by atoms with E-state index in [1.54, 1.807) is 7.11 Å². The molecule has 0 unspecified atom stereocenters. The lowest BCUT2D eigenvalue weighted by molar-refractivity contribution is -0.114. The molecule has 0 atom stereocenters. The van der Waals surface area contributed by atoms with Gasteiger partial charge in [-0.1, -0.05) is 0 Å². The van der Waals surface area contributed by atoms with Crippen LogP contribution in [0.1, 0.15) is 23.9 Å². The molecule has 3 rings (SSSR count). The van der Waals surface area contributed by atoms with E-state index in [1.807, 2.05) is 11.4 Å². The minimum absolute atomic E-state index is 0.0986. The smallest absolute Gasteiger partial charge is 0.233 e. The molecule has 22 heavy (non-hydrogen) atoms. The van der Waals surface area contributed by atoms with Gasteiger partial charge in [0, 0.05) is 44.4 Å². The number of fused-ring (bicyclic) bond motifs is 1. The molecule has 0 spiro atoms. The molecule has 2 aromatic rings. The van der Waals surface area contributed by atoms with Gasteiger partial charge in [-0.3, -0.25) is 9.69 Å². The van der Waals surface area contributed by atoms with Gasteiger partial charge in [-0.05, 0) is 5.56 Å². The third kappa shape index (κ3) is 3.40. The topological polar surface area (TPSA) is 80.2 Å². The summed E-state index contributed by atoms with van der Waals surface area (Å²) >= 11 is 1.45. The van der Waals surface area contributed by atoms with Gasteiger partial charge in [0.05, 0.1) is 18.5 Å². The summed E-state index contributed by atoms with van der Waals surface area (Å²) < 4.78 is 5.13. The normalized spacial score (nSPS) is 14.5. The van der Waals surface area contributed by atoms with Crippen molar-refractivity contribution in [3.05, 3.63) is 28.4 Å². The van der Waals surface area contributed by atoms with Crippen molar-refractivity contribution in [1.82, 2.24) is 20.1 Å². The Labute approximate surface area is 132 Å². The fraction of sp³-hybridized carbons (Fsp3) is 0.429. The summed E-state index contributed by atoms with van der Waals surface area (Å²) in [4.78, 5) is 17.8. The summed E-state index contributed by atoms with van der Waals surface area (Å²) in [5.41, 5.74) is 3.15. The number of hydrogen-bond acceptors (Lipinski definition) is 7. The van der Waals surface area contributed by atoms with Gasteiger partial charge < -0.3 is 10.1 Å². The van der Waals surface area contributed by atoms with E-state index in [2.05, 4.69) is 25.4 Å². The molecular formula is C14H17N5O2S. The average molecular weight is 319 g/mol. The first-order chi connectivity index (χ1) is 10.6. The predicted octanol–water partition coefficient (Wildman–Crippen LogP) is 1.46. The zero-order valence-corrected chi connectivity index (χ0v) is 13.3. The molecule has 0 fully saturated rings. The van der Waals surface area contributed by atoms with Crippen LogP contribution < -0.4 is 10.1 Å². The predicted molar refractivity (Wildman–Crippen MR) is 82.8 cm³/mol. The Hall–Kier alpha value is -2.06. The second kappa shape index (κ2) is 6.37. The van der Waals surface area contributed by atoms with Gasteiger partial charge in [-0.15, -0.1) is 16.4 Å². The number of anilines is 1. The quantitative estimate of drug-likeness (QED) is 0.919. The van der Waals surface area contributed by atoms with E-state index in [4.69, 9.17) is 4.74 Å². The van der Waals surface area contributed by atoms with Gasteiger partial charge in [-0.25, -0.2) is 4.98 Å². The van der Waals surface area contributed by atoms with Crippen molar-refractivity contribution in [3.63, 3.8) is 0 Å². The van der Waals surface area contributed by atoms with Crippen LogP contribution in [0.25, 0.3) is 0 Å². The van der Waals surface area contributed by atoms with Gasteiger partial charge in [0.2, 0.25) is 11.8 Å². The fourth-order valence-electron chi connectivity index (χ4n) is 2.42. The monoisotopic (exact) mass is 319 g/mol. The summed E-state index contributed by atoms with van der Waals surface area (Å²) in [7, 11) is 1.59. The summed E-state index contributed by atoms with van der Waals surface area (Å²) in [6.45, 7) is 3.95. The fourth-order valence-corrected chi connectivity index (χ4v) is 3.17. The minimum atomic E-state index is -0.0986. The Morgan fingerprint density at radius 2 is 2.36 bits per heavy atom. The number of ether oxygens (including phenoxy) is 1. The Kier molecular flexibility index (Phi) is 4.30. The average Bonchev–Trinajstić information content (AvgIpc) is 2.92. The van der Waals surface area contributed by atoms with Crippen LogP contribution in [0.15, 0.2) is 11.4 Å². The molecule has 0 radical (unpaired) electrons. The number of amides is 1. The highest BCUT2D eigenvalue weighted by Crippen LogP contribution is 2.22. The number of aromatic nitrogens is 3. The largest absolute Gasteiger partial charge is 0.480 e. The minimum Gasteiger partial charge on any atom is -0.480 e. The highest BCUT2D eigenvalue weighted by molar-refractivity contribution is 7.13. The number of methoxy groups -OCH3 is 1. The standard InChI is InChI=1S/C14H17N5O2S/c1-9(20)15-14-16-11(8-22-14)7-19-4-3-12-10(6-19)5-13(21-2)18-17-12/h5,8H,3-4,6-7H2,1-2H3,(H,15,16,20). The third-order valence-electron chi connectivity index (χ3n) is 3.43. The molecule has 0 aromatic carbocycles. The van der Waals surface area contributed by atoms with Crippen molar-refractivity contribution < 1.29 is 9.53 Å². The van der Waals surface area contributed by atoms with Crippen LogP contribution in [0.5, 0.6) is 5.88 Å². The van der Waals surface area contributed by atoms with Gasteiger partial charge >= 0.3 is 0 Å². The summed E-state index contributed by atoms with van der Waals surface area (Å²) in [6.07, 6.45) is 0.870. The molecule has 1 aliphatic heterocycles. The van der Waals surface area contributed by atoms with Crippen molar-refractivity contribution in [1.29, 1.82) is 0 Å². The Bertz CT molecular complexity index is 688. The van der Waals surface area contributed by atoms with Crippen molar-refractivity contribution in [2.75, 3.05) is 19.0 Å². The van der Waals surface area contributed by atoms with E-state index in [0.717, 1.165) is 43.0 Å². The number of thiazole rings is 1. The van der Waals surface area contributed by atoms with Gasteiger partial charge in [0.1, 0.15) is 0 Å². The first kappa shape index (κ1) is 14.9. The molecular weight excluding hydrogens is 302 g/mol. The van der Waals surface area contributed by atoms with Crippen LogP contribution in [0.2, 0.25) is 0 Å². The SMILES string of the molecule is COc1cc2c(nn1)CCN(Cc1csc(NC(C)=O)n1)C2. The first-order valence-corrected chi connectivity index (χ1v) is 7.86. The summed E-state index contributed by atoms with van der Waals surface area (Å²) in [5, 5.41) is 13.5. The highest BCUT2D eigenvalue weighted by Gasteiger charge is 2.19. The maximum Gasteiger partial charge on any atom is 0.233 e. The number of hydrogen-bond donors (Lipinski definition) is 1. The molecule has 1 N–H and O–H groups in total. The van der Waals surface area contributed by atoms with E-state index in [9.17, 15) is 4.79 Å². The number of nitrogens with zero attached hydrogens (tertiary/aromatic N) is 4. The molecule has 0 aliphatic carbocycles. The zero-order valence-electron chi connectivity index (χ0n) is 12.5. The maximum absolute atomic E-state index is 11.0. The zero-order chi connectivity index (χ0) is 15.5. The second-order valence-corrected chi connectivity index (χ2v) is 6.00. The molecule has 0 saturated heterocycles. The van der Waals surface area contributed by atoms with Gasteiger partial charge in [0.15, 0.2) is 5.13 Å². The molecule has 8 heteroatoms. The van der Waals surface area contributed by atoms with Crippen molar-refractivity contribution in [2.45, 2.75) is 26.4 Å². The molecule has 1 aliphatic rings. The van der Waals surface area contributed by atoms with Crippen molar-refractivity contribution in [3.8, 4) is 5.88 Å². The van der Waals surface area contributed by atoms with Crippen LogP contribution in [0.4, 0.5) is 5.13 Å². The number of carbonyl (C=O) groups is 1. The first-order valence-electron chi connectivity index (χ1n) is 6.98. The van der Waals surface area contributed by atoms with Gasteiger partial charge in [0.25, 0.3) is 0 Å². The van der Waals surface area contributed by atoms with E-state index >= 15 is 0 Å². The Morgan fingerprint density at radius 1 is 1.50 bits per heavy atom. The third-order valence-corrected chi connectivity index (χ3v) is 4.23. The van der Waals surface area contributed by atoms with E-state index in [1.165, 1.54) is 18.3 Å². The van der Waals surface area contributed by atoms with E-state index < -0.39 is 0 Å². The lowest BCUT2D eigenvalue weighted by atomic mass is 10.1. The molecule has 7 nitrogen and oxygen atoms in total. The molecule has 0 bridgehead atoms. The second-order valence-electron chi connectivity index (χ2n) is 5.14. The summed E-state index contributed by atoms with van der Waals surface area (Å²) in [5.74, 6) is 0.445. The van der Waals surface area contributed by atoms with Crippen LogP contribution >= 0.6 is 11.3 Å². The van der Waals surface area contributed by atoms with Crippen molar-refractivity contribution in [2.24, 2.45) is 0 Å². The molecule has 2 aromatic heterocycles. The van der Waals surface area contributed by atoms with Crippen LogP contribution in [-0.2, 0) is 24.3 Å². The molecule has 1 amide bonds. The van der Waals surface area contributed by atoms with E-state index in [0.29, 0.717) is 11.0 Å². The number of nitrogens with one attached hydrogen (secondary N) is 1. The maximum atomic E-state index is 11.0. The van der Waals surface area contributed by atoms with Crippen LogP contribution in [0, 0.1) is 0 Å². The molecule has 0 saturated carbocycles. The number of carbonyl (C=O) groups excluding carboxylic acids is 1. The van der Waals surface area contributed by atoms with Gasteiger partial charge in [-0.2, -0.15) is 5.10 Å². The summed E-state index contributed by atoms with van der Waals surface area (Å²) in [6, 6.07) is 1.94. The van der Waals surface area contributed by atoms with Crippen molar-refractivity contribution >= 4 is 22.4 Å².